The Kier molecular flexibility index (Phi) is 10.1. The van der Waals surface area contributed by atoms with E-state index in [0.717, 1.165) is 21.7 Å². The van der Waals surface area contributed by atoms with Gasteiger partial charge in [-0.25, -0.2) is 0 Å². The van der Waals surface area contributed by atoms with Crippen LogP contribution < -0.4 is 16.0 Å². The number of carbonyl (C=O) groups excluding carboxylic acids is 3. The lowest BCUT2D eigenvalue weighted by atomic mass is 10.1. The maximum atomic E-state index is 13.3. The molecule has 0 aliphatic carbocycles. The molecule has 3 N–H and O–H groups in total. The quantitative estimate of drug-likeness (QED) is 0.0807. The summed E-state index contributed by atoms with van der Waals surface area (Å²) in [6.45, 7) is 5.72. The van der Waals surface area contributed by atoms with Crippen LogP contribution >= 0.6 is 11.8 Å². The second-order valence-corrected chi connectivity index (χ2v) is 11.2. The van der Waals surface area contributed by atoms with E-state index in [2.05, 4.69) is 16.0 Å². The van der Waals surface area contributed by atoms with Gasteiger partial charge < -0.3 is 16.0 Å². The zero-order valence-corrected chi connectivity index (χ0v) is 24.6. The molecule has 10 heteroatoms. The van der Waals surface area contributed by atoms with Crippen LogP contribution in [0.5, 0.6) is 0 Å². The fourth-order valence-corrected chi connectivity index (χ4v) is 4.92. The van der Waals surface area contributed by atoms with E-state index in [9.17, 15) is 24.5 Å². The van der Waals surface area contributed by atoms with Crippen molar-refractivity contribution in [3.63, 3.8) is 0 Å². The average molecular weight is 595 g/mol. The van der Waals surface area contributed by atoms with Crippen molar-refractivity contribution < 1.29 is 19.3 Å². The van der Waals surface area contributed by atoms with Gasteiger partial charge in [-0.15, -0.1) is 11.8 Å². The van der Waals surface area contributed by atoms with E-state index in [0.29, 0.717) is 11.3 Å². The predicted molar refractivity (Wildman–Crippen MR) is 170 cm³/mol. The number of nitrogens with one attached hydrogen (secondary N) is 3. The number of nitro groups is 1. The number of benzene rings is 4. The summed E-state index contributed by atoms with van der Waals surface area (Å²) in [7, 11) is 0. The predicted octanol–water partition coefficient (Wildman–Crippen LogP) is 6.74. The molecule has 43 heavy (non-hydrogen) atoms. The highest BCUT2D eigenvalue weighted by atomic mass is 32.2. The number of nitro benzene ring substituents is 1. The van der Waals surface area contributed by atoms with Crippen molar-refractivity contribution >= 4 is 52.6 Å². The Morgan fingerprint density at radius 2 is 1.53 bits per heavy atom. The van der Waals surface area contributed by atoms with Crippen LogP contribution in [0.25, 0.3) is 6.08 Å². The van der Waals surface area contributed by atoms with Gasteiger partial charge in [-0.3, -0.25) is 24.5 Å². The van der Waals surface area contributed by atoms with Crippen LogP contribution in [-0.2, 0) is 9.59 Å². The first-order chi connectivity index (χ1) is 20.6. The van der Waals surface area contributed by atoms with Crippen molar-refractivity contribution in [1.82, 2.24) is 5.32 Å². The van der Waals surface area contributed by atoms with Crippen LogP contribution in [0.3, 0.4) is 0 Å². The Hall–Kier alpha value is -5.22. The summed E-state index contributed by atoms with van der Waals surface area (Å²) in [6.07, 6.45) is 1.27. The third-order valence-corrected chi connectivity index (χ3v) is 7.52. The molecule has 0 saturated carbocycles. The molecular formula is C33H30N4O5S. The van der Waals surface area contributed by atoms with E-state index in [4.69, 9.17) is 0 Å². The molecule has 0 aliphatic heterocycles. The topological polar surface area (TPSA) is 130 Å². The van der Waals surface area contributed by atoms with Crippen LogP contribution in [0.15, 0.2) is 108 Å². The van der Waals surface area contributed by atoms with Gasteiger partial charge in [-0.05, 0) is 86.5 Å². The van der Waals surface area contributed by atoms with Crippen molar-refractivity contribution in [3.8, 4) is 0 Å². The normalized spacial score (nSPS) is 11.7. The van der Waals surface area contributed by atoms with Crippen LogP contribution in [0, 0.1) is 24.0 Å². The van der Waals surface area contributed by atoms with Crippen molar-refractivity contribution in [2.24, 2.45) is 0 Å². The zero-order valence-electron chi connectivity index (χ0n) is 23.8. The summed E-state index contributed by atoms with van der Waals surface area (Å²) < 4.78 is 0. The van der Waals surface area contributed by atoms with Gasteiger partial charge >= 0.3 is 0 Å². The summed E-state index contributed by atoms with van der Waals surface area (Å²) >= 11 is 1.37. The molecule has 4 aromatic rings. The van der Waals surface area contributed by atoms with E-state index in [1.807, 2.05) is 39.0 Å². The van der Waals surface area contributed by atoms with Crippen molar-refractivity contribution in [1.29, 1.82) is 0 Å². The molecule has 9 nitrogen and oxygen atoms in total. The number of anilines is 2. The first-order valence-corrected chi connectivity index (χ1v) is 14.3. The molecule has 218 valence electrons. The van der Waals surface area contributed by atoms with Gasteiger partial charge in [0.25, 0.3) is 17.5 Å². The lowest BCUT2D eigenvalue weighted by molar-refractivity contribution is -0.385. The Labute approximate surface area is 253 Å². The number of amides is 3. The lowest BCUT2D eigenvalue weighted by Gasteiger charge is -2.15. The van der Waals surface area contributed by atoms with Crippen LogP contribution in [-0.4, -0.2) is 27.9 Å². The number of para-hydroxylation sites is 1. The number of carbonyl (C=O) groups is 3. The van der Waals surface area contributed by atoms with E-state index >= 15 is 0 Å². The molecule has 0 heterocycles. The Morgan fingerprint density at radius 1 is 0.860 bits per heavy atom. The first-order valence-electron chi connectivity index (χ1n) is 13.4. The minimum Gasteiger partial charge on any atom is -0.325 e. The molecule has 0 radical (unpaired) electrons. The van der Waals surface area contributed by atoms with Crippen LogP contribution in [0.1, 0.15) is 34.0 Å². The van der Waals surface area contributed by atoms with Crippen molar-refractivity contribution in [2.75, 3.05) is 10.6 Å². The van der Waals surface area contributed by atoms with Crippen molar-refractivity contribution in [2.45, 2.75) is 30.9 Å². The summed E-state index contributed by atoms with van der Waals surface area (Å²) in [5.74, 6) is -1.33. The third-order valence-electron chi connectivity index (χ3n) is 6.41. The van der Waals surface area contributed by atoms with Gasteiger partial charge in [0.1, 0.15) is 5.70 Å². The highest BCUT2D eigenvalue weighted by molar-refractivity contribution is 8.00. The van der Waals surface area contributed by atoms with Gasteiger partial charge in [0.15, 0.2) is 0 Å². The standard InChI is InChI=1S/C33H30N4O5S/c1-21-13-14-22(2)28(19-21)35-31(38)23(3)43-27-17-15-26(16-18-27)34-33(40)29(36-32(39)24-9-5-4-6-10-24)20-25-11-7-8-12-30(25)37(41)42/h4-20,23H,1-3H3,(H,34,40)(H,35,38)(H,36,39)/b29-20-. The Bertz CT molecular complexity index is 1690. The molecule has 0 fully saturated rings. The van der Waals surface area contributed by atoms with Gasteiger partial charge in [0.05, 0.1) is 15.7 Å². The summed E-state index contributed by atoms with van der Waals surface area (Å²) in [5, 5.41) is 19.5. The Balaban J connectivity index is 1.48. The molecule has 1 atom stereocenters. The number of aryl methyl sites for hydroxylation is 2. The molecule has 3 amide bonds. The number of hydrogen-bond acceptors (Lipinski definition) is 6. The molecule has 1 unspecified atom stereocenters. The molecule has 0 spiro atoms. The van der Waals surface area contributed by atoms with Crippen molar-refractivity contribution in [3.05, 3.63) is 135 Å². The molecule has 4 rings (SSSR count). The summed E-state index contributed by atoms with van der Waals surface area (Å²) in [4.78, 5) is 50.8. The molecular weight excluding hydrogens is 564 g/mol. The maximum Gasteiger partial charge on any atom is 0.276 e. The molecule has 0 saturated heterocycles. The molecule has 0 bridgehead atoms. The summed E-state index contributed by atoms with van der Waals surface area (Å²) in [6, 6.07) is 27.0. The number of rotatable bonds is 10. The average Bonchev–Trinajstić information content (AvgIpc) is 3.00. The number of thioether (sulfide) groups is 1. The van der Waals surface area contributed by atoms with E-state index in [1.165, 1.54) is 36.0 Å². The zero-order chi connectivity index (χ0) is 30.9. The fourth-order valence-electron chi connectivity index (χ4n) is 4.05. The third kappa shape index (κ3) is 8.40. The largest absolute Gasteiger partial charge is 0.325 e. The second-order valence-electron chi connectivity index (χ2n) is 9.74. The number of nitrogens with zero attached hydrogens (tertiary/aromatic N) is 1. The Morgan fingerprint density at radius 3 is 2.23 bits per heavy atom. The minimum atomic E-state index is -0.663. The van der Waals surface area contributed by atoms with Gasteiger partial charge in [-0.2, -0.15) is 0 Å². The first kappa shape index (κ1) is 30.7. The maximum absolute atomic E-state index is 13.3. The highest BCUT2D eigenvalue weighted by Gasteiger charge is 2.19. The smallest absolute Gasteiger partial charge is 0.276 e. The fraction of sp³-hybridized carbons (Fsp3) is 0.121. The van der Waals surface area contributed by atoms with E-state index in [1.54, 1.807) is 60.7 Å². The van der Waals surface area contributed by atoms with Crippen LogP contribution in [0.4, 0.5) is 17.1 Å². The van der Waals surface area contributed by atoms with Crippen LogP contribution in [0.2, 0.25) is 0 Å². The molecule has 4 aromatic carbocycles. The summed E-state index contributed by atoms with van der Waals surface area (Å²) in [5.41, 5.74) is 3.35. The monoisotopic (exact) mass is 594 g/mol. The molecule has 0 aromatic heterocycles. The lowest BCUT2D eigenvalue weighted by Crippen LogP contribution is -2.30. The second kappa shape index (κ2) is 14.1. The highest BCUT2D eigenvalue weighted by Crippen LogP contribution is 2.27. The SMILES string of the molecule is Cc1ccc(C)c(NC(=O)C(C)Sc2ccc(NC(=O)/C(=C/c3ccccc3[N+](=O)[O-])NC(=O)c3ccccc3)cc2)c1. The minimum absolute atomic E-state index is 0.130. The number of hydrogen-bond donors (Lipinski definition) is 3. The van der Waals surface area contributed by atoms with Gasteiger partial charge in [-0.1, -0.05) is 42.5 Å². The van der Waals surface area contributed by atoms with E-state index < -0.39 is 16.7 Å². The van der Waals surface area contributed by atoms with Gasteiger partial charge in [0, 0.05) is 27.9 Å². The van der Waals surface area contributed by atoms with E-state index in [-0.39, 0.29) is 28.1 Å². The molecule has 0 aliphatic rings. The van der Waals surface area contributed by atoms with Gasteiger partial charge in [0.2, 0.25) is 5.91 Å².